The van der Waals surface area contributed by atoms with Crippen molar-refractivity contribution < 1.29 is 0 Å². The van der Waals surface area contributed by atoms with Crippen LogP contribution in [0.15, 0.2) is 40.2 Å². The zero-order chi connectivity index (χ0) is 12.5. The maximum atomic E-state index is 6.35. The molecule has 1 saturated carbocycles. The molecule has 0 saturated heterocycles. The Kier molecular flexibility index (Phi) is 3.55. The van der Waals surface area contributed by atoms with E-state index >= 15 is 0 Å². The molecule has 1 aliphatic rings. The minimum Gasteiger partial charge on any atom is -0.320 e. The predicted molar refractivity (Wildman–Crippen MR) is 81.1 cm³/mol. The van der Waals surface area contributed by atoms with Gasteiger partial charge in [0.15, 0.2) is 0 Å². The molecule has 0 aliphatic heterocycles. The van der Waals surface area contributed by atoms with Crippen molar-refractivity contribution in [1.82, 2.24) is 0 Å². The highest BCUT2D eigenvalue weighted by atomic mass is 79.9. The van der Waals surface area contributed by atoms with Crippen LogP contribution in [-0.2, 0) is 0 Å². The van der Waals surface area contributed by atoms with Gasteiger partial charge >= 0.3 is 0 Å². The highest BCUT2D eigenvalue weighted by Crippen LogP contribution is 2.37. The first kappa shape index (κ1) is 12.4. The fourth-order valence-electron chi connectivity index (χ4n) is 2.41. The second-order valence-electron chi connectivity index (χ2n) is 4.92. The standard InChI is InChI=1S/C15H16BrNS/c16-14-8-7-13(18-14)15(17)12-6-2-5-11(9-12)10-3-1-4-10/h2,5-10,15H,1,3-4,17H2. The van der Waals surface area contributed by atoms with Gasteiger partial charge in [-0.1, -0.05) is 30.7 Å². The first-order chi connectivity index (χ1) is 8.74. The van der Waals surface area contributed by atoms with Crippen molar-refractivity contribution in [2.75, 3.05) is 0 Å². The van der Waals surface area contributed by atoms with Crippen LogP contribution in [0.1, 0.15) is 47.2 Å². The minimum absolute atomic E-state index is 0.00123. The monoisotopic (exact) mass is 321 g/mol. The lowest BCUT2D eigenvalue weighted by Gasteiger charge is -2.26. The van der Waals surface area contributed by atoms with Crippen LogP contribution >= 0.6 is 27.3 Å². The van der Waals surface area contributed by atoms with Crippen molar-refractivity contribution in [3.8, 4) is 0 Å². The smallest absolute Gasteiger partial charge is 0.0702 e. The number of hydrogen-bond acceptors (Lipinski definition) is 2. The van der Waals surface area contributed by atoms with Gasteiger partial charge < -0.3 is 5.73 Å². The second-order valence-corrected chi connectivity index (χ2v) is 7.41. The van der Waals surface area contributed by atoms with E-state index in [2.05, 4.69) is 52.3 Å². The number of hydrogen-bond donors (Lipinski definition) is 1. The van der Waals surface area contributed by atoms with Gasteiger partial charge in [-0.2, -0.15) is 0 Å². The molecule has 1 atom stereocenters. The number of thiophene rings is 1. The first-order valence-corrected chi connectivity index (χ1v) is 7.95. The van der Waals surface area contributed by atoms with Crippen LogP contribution in [0.4, 0.5) is 0 Å². The lowest BCUT2D eigenvalue weighted by atomic mass is 9.79. The van der Waals surface area contributed by atoms with Crippen LogP contribution in [0, 0.1) is 0 Å². The average Bonchev–Trinajstić information content (AvgIpc) is 2.73. The molecule has 94 valence electrons. The van der Waals surface area contributed by atoms with E-state index in [9.17, 15) is 0 Å². The fraction of sp³-hybridized carbons (Fsp3) is 0.333. The van der Waals surface area contributed by atoms with E-state index < -0.39 is 0 Å². The molecular formula is C15H16BrNS. The molecular weight excluding hydrogens is 306 g/mol. The molecule has 1 aromatic carbocycles. The van der Waals surface area contributed by atoms with E-state index in [0.29, 0.717) is 0 Å². The van der Waals surface area contributed by atoms with Crippen LogP contribution in [0.3, 0.4) is 0 Å². The van der Waals surface area contributed by atoms with E-state index in [0.717, 1.165) is 9.70 Å². The van der Waals surface area contributed by atoms with E-state index in [1.165, 1.54) is 35.3 Å². The lowest BCUT2D eigenvalue weighted by Crippen LogP contribution is -2.13. The summed E-state index contributed by atoms with van der Waals surface area (Å²) in [6.07, 6.45) is 4.05. The second kappa shape index (κ2) is 5.16. The Balaban J connectivity index is 1.86. The molecule has 3 heteroatoms. The summed E-state index contributed by atoms with van der Waals surface area (Å²) in [4.78, 5) is 1.22. The van der Waals surface area contributed by atoms with Crippen molar-refractivity contribution in [2.24, 2.45) is 5.73 Å². The average molecular weight is 322 g/mol. The molecule has 3 rings (SSSR count). The normalized spacial score (nSPS) is 17.4. The summed E-state index contributed by atoms with van der Waals surface area (Å²) in [7, 11) is 0. The molecule has 1 aliphatic carbocycles. The van der Waals surface area contributed by atoms with Gasteiger partial charge in [-0.15, -0.1) is 11.3 Å². The van der Waals surface area contributed by atoms with Crippen LogP contribution in [0.5, 0.6) is 0 Å². The molecule has 18 heavy (non-hydrogen) atoms. The summed E-state index contributed by atoms with van der Waals surface area (Å²) < 4.78 is 1.14. The molecule has 1 aromatic heterocycles. The third kappa shape index (κ3) is 2.40. The summed E-state index contributed by atoms with van der Waals surface area (Å²) in [5.74, 6) is 0.771. The van der Waals surface area contributed by atoms with Crippen LogP contribution in [0.2, 0.25) is 0 Å². The number of nitrogens with two attached hydrogens (primary N) is 1. The summed E-state index contributed by atoms with van der Waals surface area (Å²) in [6, 6.07) is 13.0. The van der Waals surface area contributed by atoms with Gasteiger partial charge in [0.25, 0.3) is 0 Å². The first-order valence-electron chi connectivity index (χ1n) is 6.35. The Bertz CT molecular complexity index is 545. The molecule has 1 heterocycles. The molecule has 0 spiro atoms. The summed E-state index contributed by atoms with van der Waals surface area (Å²) >= 11 is 5.21. The van der Waals surface area contributed by atoms with Crippen LogP contribution in [0.25, 0.3) is 0 Å². The fourth-order valence-corrected chi connectivity index (χ4v) is 3.86. The molecule has 0 radical (unpaired) electrons. The minimum atomic E-state index is 0.00123. The molecule has 1 fully saturated rings. The Morgan fingerprint density at radius 2 is 2.06 bits per heavy atom. The lowest BCUT2D eigenvalue weighted by molar-refractivity contribution is 0.419. The van der Waals surface area contributed by atoms with Crippen molar-refractivity contribution in [2.45, 2.75) is 31.2 Å². The largest absolute Gasteiger partial charge is 0.320 e. The Hall–Kier alpha value is -0.640. The maximum absolute atomic E-state index is 6.35. The molecule has 1 unspecified atom stereocenters. The van der Waals surface area contributed by atoms with Gasteiger partial charge in [0.1, 0.15) is 0 Å². The number of halogens is 1. The highest BCUT2D eigenvalue weighted by Gasteiger charge is 2.20. The summed E-state index contributed by atoms with van der Waals surface area (Å²) in [5.41, 5.74) is 9.04. The van der Waals surface area contributed by atoms with Gasteiger partial charge in [0.2, 0.25) is 0 Å². The van der Waals surface area contributed by atoms with E-state index in [1.807, 2.05) is 0 Å². The van der Waals surface area contributed by atoms with Crippen molar-refractivity contribution in [3.05, 3.63) is 56.2 Å². The molecule has 1 nitrogen and oxygen atoms in total. The van der Waals surface area contributed by atoms with Crippen molar-refractivity contribution in [1.29, 1.82) is 0 Å². The predicted octanol–water partition coefficient (Wildman–Crippen LogP) is 4.83. The van der Waals surface area contributed by atoms with E-state index in [4.69, 9.17) is 5.73 Å². The summed E-state index contributed by atoms with van der Waals surface area (Å²) in [6.45, 7) is 0. The van der Waals surface area contributed by atoms with Gasteiger partial charge in [-0.05, 0) is 57.9 Å². The van der Waals surface area contributed by atoms with Crippen LogP contribution in [-0.4, -0.2) is 0 Å². The topological polar surface area (TPSA) is 26.0 Å². The molecule has 2 aromatic rings. The zero-order valence-corrected chi connectivity index (χ0v) is 12.5. The van der Waals surface area contributed by atoms with Gasteiger partial charge in [-0.25, -0.2) is 0 Å². The number of benzene rings is 1. The summed E-state index contributed by atoms with van der Waals surface area (Å²) in [5, 5.41) is 0. The van der Waals surface area contributed by atoms with Crippen molar-refractivity contribution in [3.63, 3.8) is 0 Å². The third-order valence-electron chi connectivity index (χ3n) is 3.75. The Labute approximate surface area is 120 Å². The van der Waals surface area contributed by atoms with Crippen LogP contribution < -0.4 is 5.73 Å². The SMILES string of the molecule is NC(c1cccc(C2CCC2)c1)c1ccc(Br)s1. The maximum Gasteiger partial charge on any atom is 0.0702 e. The Morgan fingerprint density at radius 1 is 1.22 bits per heavy atom. The quantitative estimate of drug-likeness (QED) is 0.861. The molecule has 0 amide bonds. The molecule has 0 bridgehead atoms. The number of rotatable bonds is 3. The van der Waals surface area contributed by atoms with Gasteiger partial charge in [-0.3, -0.25) is 0 Å². The zero-order valence-electron chi connectivity index (χ0n) is 10.1. The van der Waals surface area contributed by atoms with Gasteiger partial charge in [0, 0.05) is 4.88 Å². The Morgan fingerprint density at radius 3 is 2.67 bits per heavy atom. The van der Waals surface area contributed by atoms with Crippen molar-refractivity contribution >= 4 is 27.3 Å². The third-order valence-corrected chi connectivity index (χ3v) is 5.45. The van der Waals surface area contributed by atoms with E-state index in [-0.39, 0.29) is 6.04 Å². The van der Waals surface area contributed by atoms with Gasteiger partial charge in [0.05, 0.1) is 9.83 Å². The van der Waals surface area contributed by atoms with E-state index in [1.54, 1.807) is 11.3 Å². The highest BCUT2D eigenvalue weighted by molar-refractivity contribution is 9.11. The molecule has 2 N–H and O–H groups in total.